The Morgan fingerprint density at radius 2 is 1.81 bits per heavy atom. The Morgan fingerprint density at radius 3 is 2.51 bits per heavy atom. The molecule has 3 saturated heterocycles. The smallest absolute Gasteiger partial charge is 0.319 e. The molecule has 0 saturated carbocycles. The number of ether oxygens (including phenoxy) is 1. The van der Waals surface area contributed by atoms with E-state index in [1.165, 1.54) is 6.07 Å². The molecule has 4 aliphatic rings. The number of halogens is 2. The molecule has 2 aromatic carbocycles. The number of hydrogen-bond acceptors (Lipinski definition) is 7. The van der Waals surface area contributed by atoms with Gasteiger partial charge in [0, 0.05) is 105 Å². The number of imide groups is 1. The first-order valence-corrected chi connectivity index (χ1v) is 18.8. The van der Waals surface area contributed by atoms with Gasteiger partial charge in [-0.2, -0.15) is 0 Å². The number of methoxy groups -OCH3 is 1. The number of nitrogens with one attached hydrogen (secondary N) is 1. The highest BCUT2D eigenvalue weighted by Gasteiger charge is 2.33. The lowest BCUT2D eigenvalue weighted by molar-refractivity contribution is -0.136. The third-order valence-corrected chi connectivity index (χ3v) is 11.9. The molecule has 280 valence electrons. The molecule has 0 aliphatic carbocycles. The summed E-state index contributed by atoms with van der Waals surface area (Å²) < 4.78 is 22.7. The largest absolute Gasteiger partial charge is 0.496 e. The van der Waals surface area contributed by atoms with Crippen molar-refractivity contribution in [3.63, 3.8) is 0 Å². The molecule has 0 radical (unpaired) electrons. The predicted octanol–water partition coefficient (Wildman–Crippen LogP) is 5.28. The van der Waals surface area contributed by atoms with Crippen molar-refractivity contribution in [2.75, 3.05) is 40.3 Å². The fourth-order valence-electron chi connectivity index (χ4n) is 8.37. The number of piperidine rings is 3. The van der Waals surface area contributed by atoms with Gasteiger partial charge < -0.3 is 19.1 Å². The van der Waals surface area contributed by atoms with Crippen LogP contribution in [-0.4, -0.2) is 89.7 Å². The molecule has 11 nitrogen and oxygen atoms in total. The molecular weight excluding hydrogens is 699 g/mol. The summed E-state index contributed by atoms with van der Waals surface area (Å²) in [5.74, 6) is -0.439. The quantitative estimate of drug-likeness (QED) is 0.314. The van der Waals surface area contributed by atoms with Crippen LogP contribution >= 0.6 is 11.6 Å². The molecule has 1 aromatic heterocycles. The SMILES string of the molecule is COc1cc(-c2cn(C)c(=O)c3c2C=NC3)cc(Cl)c1CN1CCC(N(C)C(=O)N2CCC(c3ccc(CC4CCC(=O)NC4=O)cc3F)CC2)CC1. The van der Waals surface area contributed by atoms with Crippen molar-refractivity contribution >= 4 is 35.7 Å². The van der Waals surface area contributed by atoms with Crippen LogP contribution in [-0.2, 0) is 36.1 Å². The number of amides is 4. The Labute approximate surface area is 313 Å². The summed E-state index contributed by atoms with van der Waals surface area (Å²) in [4.78, 5) is 60.3. The van der Waals surface area contributed by atoms with E-state index >= 15 is 4.39 Å². The number of aryl methyl sites for hydroxylation is 1. The number of urea groups is 1. The van der Waals surface area contributed by atoms with Crippen LogP contribution in [0.1, 0.15) is 72.3 Å². The average molecular weight is 745 g/mol. The van der Waals surface area contributed by atoms with Gasteiger partial charge in [-0.1, -0.05) is 23.7 Å². The summed E-state index contributed by atoms with van der Waals surface area (Å²) in [5, 5.41) is 2.97. The molecule has 1 unspecified atom stereocenters. The number of rotatable bonds is 8. The monoisotopic (exact) mass is 744 g/mol. The first kappa shape index (κ1) is 36.8. The lowest BCUT2D eigenvalue weighted by Gasteiger charge is -2.40. The lowest BCUT2D eigenvalue weighted by atomic mass is 9.86. The molecule has 5 heterocycles. The second-order valence-electron chi connectivity index (χ2n) is 14.8. The normalized spacial score (nSPS) is 19.7. The van der Waals surface area contributed by atoms with Gasteiger partial charge in [-0.3, -0.25) is 29.6 Å². The molecular formula is C40H46ClFN6O5. The van der Waals surface area contributed by atoms with Crippen molar-refractivity contribution < 1.29 is 23.5 Å². The molecule has 0 spiro atoms. The van der Waals surface area contributed by atoms with Crippen LogP contribution in [0.4, 0.5) is 9.18 Å². The molecule has 3 fully saturated rings. The molecule has 4 amide bonds. The van der Waals surface area contributed by atoms with Crippen LogP contribution < -0.4 is 15.6 Å². The fraction of sp³-hybridized carbons (Fsp3) is 0.475. The number of carbonyl (C=O) groups is 3. The predicted molar refractivity (Wildman–Crippen MR) is 201 cm³/mol. The zero-order valence-corrected chi connectivity index (χ0v) is 31.3. The minimum absolute atomic E-state index is 0.0113. The summed E-state index contributed by atoms with van der Waals surface area (Å²) >= 11 is 6.91. The molecule has 3 aromatic rings. The van der Waals surface area contributed by atoms with E-state index in [0.29, 0.717) is 80.2 Å². The standard InChI is InChI=1S/C40H46ClFN6O5/c1-45-22-32(30-20-43-21-31(30)39(45)51)27-18-34(41)33(36(19-27)53-3)23-47-12-10-28(11-13-47)46(2)40(52)48-14-8-25(9-15-48)29-6-4-24(17-35(29)42)16-26-5-7-37(49)44-38(26)50/h4,6,17-20,22,25-26,28H,5,7-16,21,23H2,1-3H3,(H,44,49,50). The zero-order chi connectivity index (χ0) is 37.4. The van der Waals surface area contributed by atoms with E-state index in [1.54, 1.807) is 24.9 Å². The molecule has 1 N–H and O–H groups in total. The van der Waals surface area contributed by atoms with Gasteiger partial charge in [0.25, 0.3) is 5.56 Å². The average Bonchev–Trinajstić information content (AvgIpc) is 3.65. The summed E-state index contributed by atoms with van der Waals surface area (Å²) in [5.41, 5.74) is 5.52. The van der Waals surface area contributed by atoms with Gasteiger partial charge in [0.1, 0.15) is 11.6 Å². The molecule has 4 aliphatic heterocycles. The number of aliphatic imine (C=N–C) groups is 1. The molecule has 7 rings (SSSR count). The van der Waals surface area contributed by atoms with Gasteiger partial charge in [0.2, 0.25) is 11.8 Å². The van der Waals surface area contributed by atoms with E-state index in [-0.39, 0.29) is 47.1 Å². The van der Waals surface area contributed by atoms with E-state index in [4.69, 9.17) is 16.3 Å². The van der Waals surface area contributed by atoms with Crippen molar-refractivity contribution in [3.05, 3.63) is 85.5 Å². The van der Waals surface area contributed by atoms with Gasteiger partial charge in [-0.05, 0) is 79.3 Å². The number of hydrogen-bond donors (Lipinski definition) is 1. The van der Waals surface area contributed by atoms with Gasteiger partial charge in [-0.25, -0.2) is 9.18 Å². The number of nitrogens with zero attached hydrogens (tertiary/aromatic N) is 5. The molecule has 0 bridgehead atoms. The van der Waals surface area contributed by atoms with Crippen LogP contribution in [0, 0.1) is 11.7 Å². The van der Waals surface area contributed by atoms with Gasteiger partial charge in [0.05, 0.1) is 13.7 Å². The number of benzene rings is 2. The first-order valence-electron chi connectivity index (χ1n) is 18.5. The summed E-state index contributed by atoms with van der Waals surface area (Å²) in [6.07, 6.45) is 7.79. The van der Waals surface area contributed by atoms with Crippen molar-refractivity contribution in [2.24, 2.45) is 18.0 Å². The van der Waals surface area contributed by atoms with Gasteiger partial charge >= 0.3 is 6.03 Å². The molecule has 53 heavy (non-hydrogen) atoms. The lowest BCUT2D eigenvalue weighted by Crippen LogP contribution is -2.51. The van der Waals surface area contributed by atoms with Crippen LogP contribution in [0.3, 0.4) is 0 Å². The Bertz CT molecular complexity index is 2020. The Hall–Kier alpha value is -4.55. The Balaban J connectivity index is 0.913. The third kappa shape index (κ3) is 7.62. The van der Waals surface area contributed by atoms with Crippen LogP contribution in [0.25, 0.3) is 11.1 Å². The second kappa shape index (κ2) is 15.4. The maximum Gasteiger partial charge on any atom is 0.319 e. The highest BCUT2D eigenvalue weighted by atomic mass is 35.5. The Kier molecular flexibility index (Phi) is 10.7. The third-order valence-electron chi connectivity index (χ3n) is 11.6. The van der Waals surface area contributed by atoms with Crippen LogP contribution in [0.2, 0.25) is 5.02 Å². The van der Waals surface area contributed by atoms with Crippen LogP contribution in [0.15, 0.2) is 46.3 Å². The van der Waals surface area contributed by atoms with Crippen molar-refractivity contribution in [2.45, 2.75) is 70.0 Å². The molecule has 13 heteroatoms. The summed E-state index contributed by atoms with van der Waals surface area (Å²) in [6, 6.07) is 9.26. The van der Waals surface area contributed by atoms with E-state index in [1.807, 2.05) is 47.3 Å². The zero-order valence-electron chi connectivity index (χ0n) is 30.5. The summed E-state index contributed by atoms with van der Waals surface area (Å²) in [6.45, 7) is 3.72. The van der Waals surface area contributed by atoms with E-state index in [2.05, 4.69) is 15.2 Å². The van der Waals surface area contributed by atoms with Crippen molar-refractivity contribution in [1.82, 2.24) is 24.6 Å². The maximum absolute atomic E-state index is 15.3. The first-order chi connectivity index (χ1) is 25.5. The van der Waals surface area contributed by atoms with Gasteiger partial charge in [-0.15, -0.1) is 0 Å². The van der Waals surface area contributed by atoms with E-state index in [9.17, 15) is 19.2 Å². The molecule has 1 atom stereocenters. The Morgan fingerprint density at radius 1 is 1.06 bits per heavy atom. The number of likely N-dealkylation sites (tertiary alicyclic amines) is 2. The van der Waals surface area contributed by atoms with Gasteiger partial charge in [0.15, 0.2) is 0 Å². The van der Waals surface area contributed by atoms with E-state index < -0.39 is 0 Å². The second-order valence-corrected chi connectivity index (χ2v) is 15.2. The minimum atomic E-state index is -0.326. The minimum Gasteiger partial charge on any atom is -0.496 e. The number of aromatic nitrogens is 1. The highest BCUT2D eigenvalue weighted by Crippen LogP contribution is 2.37. The number of pyridine rings is 1. The van der Waals surface area contributed by atoms with Crippen LogP contribution in [0.5, 0.6) is 5.75 Å². The van der Waals surface area contributed by atoms with Crippen molar-refractivity contribution in [3.8, 4) is 16.9 Å². The topological polar surface area (TPSA) is 117 Å². The number of carbonyl (C=O) groups excluding carboxylic acids is 3. The summed E-state index contributed by atoms with van der Waals surface area (Å²) in [7, 11) is 5.27. The van der Waals surface area contributed by atoms with E-state index in [0.717, 1.165) is 53.7 Å². The number of fused-ring (bicyclic) bond motifs is 1. The maximum atomic E-state index is 15.3. The highest BCUT2D eigenvalue weighted by molar-refractivity contribution is 6.32. The van der Waals surface area contributed by atoms with Crippen molar-refractivity contribution in [1.29, 1.82) is 0 Å². The fourth-order valence-corrected chi connectivity index (χ4v) is 8.64.